The van der Waals surface area contributed by atoms with Crippen molar-refractivity contribution in [1.82, 2.24) is 4.90 Å². The van der Waals surface area contributed by atoms with Crippen molar-refractivity contribution in [3.8, 4) is 0 Å². The number of ether oxygens (including phenoxy) is 2. The molecule has 0 radical (unpaired) electrons. The summed E-state index contributed by atoms with van der Waals surface area (Å²) in [6.07, 6.45) is -7.43. The number of hydrogen-bond donors (Lipinski definition) is 1. The third-order valence-corrected chi connectivity index (χ3v) is 3.08. The summed E-state index contributed by atoms with van der Waals surface area (Å²) in [4.78, 5) is 24.7. The number of alkyl halides is 3. The maximum atomic E-state index is 12.4. The van der Waals surface area contributed by atoms with Gasteiger partial charge in [-0.25, -0.2) is 0 Å². The Balaban J connectivity index is 2.52. The molecule has 0 unspecified atom stereocenters. The fraction of sp³-hybridized carbons (Fsp3) is 0.833. The number of rotatable bonds is 4. The highest BCUT2D eigenvalue weighted by Crippen LogP contribution is 2.32. The van der Waals surface area contributed by atoms with E-state index in [1.807, 2.05) is 0 Å². The summed E-state index contributed by atoms with van der Waals surface area (Å²) in [6, 6.07) is 0. The molecule has 1 saturated heterocycles. The molecule has 21 heavy (non-hydrogen) atoms. The van der Waals surface area contributed by atoms with Crippen molar-refractivity contribution < 1.29 is 37.3 Å². The molecule has 122 valence electrons. The quantitative estimate of drug-likeness (QED) is 0.764. The van der Waals surface area contributed by atoms with Crippen LogP contribution in [-0.4, -0.2) is 66.1 Å². The van der Waals surface area contributed by atoms with E-state index in [-0.39, 0.29) is 0 Å². The monoisotopic (exact) mass is 313 g/mol. The second kappa shape index (κ2) is 6.61. The first kappa shape index (κ1) is 17.7. The summed E-state index contributed by atoms with van der Waals surface area (Å²) in [5.41, 5.74) is -3.19. The van der Waals surface area contributed by atoms with Crippen LogP contribution in [0.3, 0.4) is 0 Å². The summed E-state index contributed by atoms with van der Waals surface area (Å²) in [7, 11) is 0. The minimum Gasteiger partial charge on any atom is -0.452 e. The Hall–Kier alpha value is -1.35. The number of halogens is 3. The van der Waals surface area contributed by atoms with E-state index in [9.17, 15) is 27.9 Å². The fourth-order valence-corrected chi connectivity index (χ4v) is 1.71. The van der Waals surface area contributed by atoms with Gasteiger partial charge in [-0.2, -0.15) is 13.2 Å². The molecule has 6 nitrogen and oxygen atoms in total. The van der Waals surface area contributed by atoms with Gasteiger partial charge in [0.05, 0.1) is 19.6 Å². The van der Waals surface area contributed by atoms with Gasteiger partial charge in [0.25, 0.3) is 5.91 Å². The average molecular weight is 313 g/mol. The summed E-state index contributed by atoms with van der Waals surface area (Å²) >= 11 is 0. The van der Waals surface area contributed by atoms with Crippen molar-refractivity contribution >= 4 is 11.9 Å². The lowest BCUT2D eigenvalue weighted by molar-refractivity contribution is -0.256. The number of esters is 1. The summed E-state index contributed by atoms with van der Waals surface area (Å²) < 4.78 is 47.0. The molecule has 0 aliphatic carbocycles. The van der Waals surface area contributed by atoms with Crippen LogP contribution in [0.1, 0.15) is 20.3 Å². The maximum absolute atomic E-state index is 12.4. The molecule has 1 aliphatic rings. The SMILES string of the molecule is C[C@@H](OC(=O)C[C@](C)(O)C(F)(F)F)C(=O)N1CCOCC1. The van der Waals surface area contributed by atoms with E-state index in [1.54, 1.807) is 0 Å². The molecule has 1 amide bonds. The Labute approximate surface area is 119 Å². The van der Waals surface area contributed by atoms with Crippen LogP contribution >= 0.6 is 0 Å². The van der Waals surface area contributed by atoms with E-state index in [2.05, 4.69) is 4.74 Å². The van der Waals surface area contributed by atoms with E-state index >= 15 is 0 Å². The zero-order chi connectivity index (χ0) is 16.3. The van der Waals surface area contributed by atoms with Crippen molar-refractivity contribution in [3.63, 3.8) is 0 Å². The molecule has 1 heterocycles. The average Bonchev–Trinajstić information content (AvgIpc) is 2.36. The van der Waals surface area contributed by atoms with Gasteiger partial charge in [-0.15, -0.1) is 0 Å². The lowest BCUT2D eigenvalue weighted by Gasteiger charge is -2.29. The van der Waals surface area contributed by atoms with Crippen LogP contribution in [0.25, 0.3) is 0 Å². The van der Waals surface area contributed by atoms with Crippen LogP contribution in [0, 0.1) is 0 Å². The molecule has 1 rings (SSSR count). The zero-order valence-electron chi connectivity index (χ0n) is 11.8. The number of carbonyl (C=O) groups excluding carboxylic acids is 2. The van der Waals surface area contributed by atoms with Gasteiger partial charge in [0.2, 0.25) is 0 Å². The minimum atomic E-state index is -4.95. The van der Waals surface area contributed by atoms with Gasteiger partial charge in [-0.3, -0.25) is 9.59 Å². The Morgan fingerprint density at radius 3 is 2.33 bits per heavy atom. The number of carbonyl (C=O) groups is 2. The third-order valence-electron chi connectivity index (χ3n) is 3.08. The topological polar surface area (TPSA) is 76.1 Å². The first-order valence-electron chi connectivity index (χ1n) is 6.40. The molecule has 2 atom stereocenters. The molecular formula is C12H18F3NO5. The second-order valence-corrected chi connectivity index (χ2v) is 5.02. The molecule has 0 saturated carbocycles. The van der Waals surface area contributed by atoms with Gasteiger partial charge >= 0.3 is 12.1 Å². The van der Waals surface area contributed by atoms with Crippen molar-refractivity contribution in [2.75, 3.05) is 26.3 Å². The van der Waals surface area contributed by atoms with Gasteiger partial charge in [0.1, 0.15) is 0 Å². The summed E-state index contributed by atoms with van der Waals surface area (Å²) in [5.74, 6) is -1.79. The first-order chi connectivity index (χ1) is 9.54. The van der Waals surface area contributed by atoms with Crippen LogP contribution in [0.4, 0.5) is 13.2 Å². The number of hydrogen-bond acceptors (Lipinski definition) is 5. The van der Waals surface area contributed by atoms with Crippen LogP contribution in [-0.2, 0) is 19.1 Å². The predicted octanol–water partition coefficient (Wildman–Crippen LogP) is 0.480. The Morgan fingerprint density at radius 1 is 1.33 bits per heavy atom. The van der Waals surface area contributed by atoms with Crippen LogP contribution in [0.2, 0.25) is 0 Å². The summed E-state index contributed by atoms with van der Waals surface area (Å²) in [6.45, 7) is 3.13. The van der Waals surface area contributed by atoms with Crippen LogP contribution in [0.5, 0.6) is 0 Å². The predicted molar refractivity (Wildman–Crippen MR) is 64.2 cm³/mol. The molecular weight excluding hydrogens is 295 g/mol. The van der Waals surface area contributed by atoms with Crippen LogP contribution < -0.4 is 0 Å². The van der Waals surface area contributed by atoms with Crippen molar-refractivity contribution in [1.29, 1.82) is 0 Å². The van der Waals surface area contributed by atoms with Gasteiger partial charge in [-0.05, 0) is 13.8 Å². The Morgan fingerprint density at radius 2 is 1.86 bits per heavy atom. The fourth-order valence-electron chi connectivity index (χ4n) is 1.71. The molecule has 0 spiro atoms. The van der Waals surface area contributed by atoms with Crippen molar-refractivity contribution in [3.05, 3.63) is 0 Å². The maximum Gasteiger partial charge on any atom is 0.417 e. The van der Waals surface area contributed by atoms with Gasteiger partial charge in [0, 0.05) is 13.1 Å². The Bertz CT molecular complexity index is 391. The van der Waals surface area contributed by atoms with E-state index in [1.165, 1.54) is 11.8 Å². The molecule has 0 aromatic carbocycles. The molecule has 0 aromatic rings. The van der Waals surface area contributed by atoms with E-state index in [4.69, 9.17) is 4.74 Å². The lowest BCUT2D eigenvalue weighted by Crippen LogP contribution is -2.47. The highest BCUT2D eigenvalue weighted by Gasteiger charge is 2.51. The standard InChI is InChI=1S/C12H18F3NO5/c1-8(10(18)16-3-5-20-6-4-16)21-9(17)7-11(2,19)12(13,14)15/h8,19H,3-7H2,1-2H3/t8-,11+/m1/s1. The molecule has 1 N–H and O–H groups in total. The van der Waals surface area contributed by atoms with Crippen molar-refractivity contribution in [2.45, 2.75) is 38.1 Å². The largest absolute Gasteiger partial charge is 0.452 e. The number of aliphatic hydroxyl groups is 1. The molecule has 0 aromatic heterocycles. The van der Waals surface area contributed by atoms with E-state index in [0.717, 1.165) is 0 Å². The number of morpholine rings is 1. The number of amides is 1. The number of nitrogens with zero attached hydrogens (tertiary/aromatic N) is 1. The smallest absolute Gasteiger partial charge is 0.417 e. The van der Waals surface area contributed by atoms with E-state index in [0.29, 0.717) is 33.2 Å². The first-order valence-corrected chi connectivity index (χ1v) is 6.40. The van der Waals surface area contributed by atoms with Gasteiger partial charge in [-0.1, -0.05) is 0 Å². The molecule has 9 heteroatoms. The molecule has 1 fully saturated rings. The molecule has 0 bridgehead atoms. The minimum absolute atomic E-state index is 0.334. The Kier molecular flexibility index (Phi) is 5.57. The lowest BCUT2D eigenvalue weighted by atomic mass is 10.0. The normalized spacial score (nSPS) is 20.6. The summed E-state index contributed by atoms with van der Waals surface area (Å²) in [5, 5.41) is 9.18. The highest BCUT2D eigenvalue weighted by atomic mass is 19.4. The zero-order valence-corrected chi connectivity index (χ0v) is 11.8. The van der Waals surface area contributed by atoms with Crippen LogP contribution in [0.15, 0.2) is 0 Å². The second-order valence-electron chi connectivity index (χ2n) is 5.02. The van der Waals surface area contributed by atoms with Gasteiger partial charge in [0.15, 0.2) is 11.7 Å². The highest BCUT2D eigenvalue weighted by molar-refractivity contribution is 5.83. The van der Waals surface area contributed by atoms with Gasteiger partial charge < -0.3 is 19.5 Å². The third kappa shape index (κ3) is 4.85. The molecule has 1 aliphatic heterocycles. The van der Waals surface area contributed by atoms with E-state index < -0.39 is 36.2 Å². The van der Waals surface area contributed by atoms with Crippen molar-refractivity contribution in [2.24, 2.45) is 0 Å².